The highest BCUT2D eigenvalue weighted by Gasteiger charge is 2.56. The second-order valence-electron chi connectivity index (χ2n) is 7.44. The van der Waals surface area contributed by atoms with Crippen molar-refractivity contribution in [1.29, 1.82) is 0 Å². The van der Waals surface area contributed by atoms with Crippen molar-refractivity contribution >= 4 is 11.4 Å². The number of rotatable bonds is 2. The fraction of sp³-hybridized carbons (Fsp3) is 1.00. The molecule has 2 N–H and O–H groups in total. The van der Waals surface area contributed by atoms with Crippen LogP contribution in [0.4, 0.5) is 0 Å². The molecule has 2 heterocycles. The van der Waals surface area contributed by atoms with Crippen LogP contribution < -0.4 is 10.0 Å². The van der Waals surface area contributed by atoms with Gasteiger partial charge >= 0.3 is 0 Å². The molecule has 0 saturated carbocycles. The normalized spacial score (nSPS) is 31.6. The number of hydrogen-bond donors (Lipinski definition) is 2. The Morgan fingerprint density at radius 1 is 1.26 bits per heavy atom. The van der Waals surface area contributed by atoms with E-state index < -0.39 is 11.4 Å². The molecule has 4 nitrogen and oxygen atoms in total. The van der Waals surface area contributed by atoms with Gasteiger partial charge in [-0.2, -0.15) is 0 Å². The summed E-state index contributed by atoms with van der Waals surface area (Å²) in [5, 5.41) is 3.41. The van der Waals surface area contributed by atoms with E-state index >= 15 is 0 Å². The van der Waals surface area contributed by atoms with Crippen LogP contribution in [0.5, 0.6) is 0 Å². The van der Waals surface area contributed by atoms with Gasteiger partial charge in [0, 0.05) is 16.8 Å². The standard InChI is InChI=1S/C14H28N2O2S/c1-12(2,3)19(17)16-11-13(4,5)18-10-14(11)6-8-15-9-7-14/h11,15-16H,6-10H2,1-5H3/t11-,19?/m1/s1. The van der Waals surface area contributed by atoms with Crippen LogP contribution in [0.25, 0.3) is 0 Å². The zero-order valence-electron chi connectivity index (χ0n) is 12.8. The molecule has 112 valence electrons. The van der Waals surface area contributed by atoms with E-state index in [0.29, 0.717) is 0 Å². The summed E-state index contributed by atoms with van der Waals surface area (Å²) in [5.74, 6) is 0. The quantitative estimate of drug-likeness (QED) is 0.758. The first kappa shape index (κ1) is 15.6. The molecule has 0 aromatic heterocycles. The first-order valence-electron chi connectivity index (χ1n) is 7.20. The lowest BCUT2D eigenvalue weighted by Gasteiger charge is -2.41. The molecule has 1 spiro atoms. The predicted molar refractivity (Wildman–Crippen MR) is 79.4 cm³/mol. The highest BCUT2D eigenvalue weighted by atomic mass is 32.2. The smallest absolute Gasteiger partial charge is 0.136 e. The Balaban J connectivity index is 2.17. The number of nitrogens with one attached hydrogen (secondary N) is 2. The Kier molecular flexibility index (Phi) is 4.25. The summed E-state index contributed by atoms with van der Waals surface area (Å²) in [6.45, 7) is 13.1. The third-order valence-corrected chi connectivity index (χ3v) is 5.98. The van der Waals surface area contributed by atoms with E-state index in [-0.39, 0.29) is 21.8 Å². The summed E-state index contributed by atoms with van der Waals surface area (Å²) in [6, 6.07) is 0.155. The van der Waals surface area contributed by atoms with Gasteiger partial charge in [0.05, 0.1) is 18.2 Å². The monoisotopic (exact) mass is 288 g/mol. The lowest BCUT2D eigenvalue weighted by molar-refractivity contribution is 0.0228. The van der Waals surface area contributed by atoms with Crippen LogP contribution in [0.1, 0.15) is 47.5 Å². The van der Waals surface area contributed by atoms with Gasteiger partial charge in [-0.1, -0.05) is 0 Å². The van der Waals surface area contributed by atoms with Crippen molar-refractivity contribution in [3.05, 3.63) is 0 Å². The van der Waals surface area contributed by atoms with E-state index in [2.05, 4.69) is 23.9 Å². The van der Waals surface area contributed by atoms with Crippen LogP contribution in [0.2, 0.25) is 0 Å². The number of ether oxygens (including phenoxy) is 1. The Morgan fingerprint density at radius 3 is 2.37 bits per heavy atom. The Labute approximate surface area is 120 Å². The molecule has 2 aliphatic heterocycles. The molecule has 0 radical (unpaired) electrons. The van der Waals surface area contributed by atoms with Gasteiger partial charge in [0.2, 0.25) is 0 Å². The lowest BCUT2D eigenvalue weighted by Crippen LogP contribution is -2.59. The first-order chi connectivity index (χ1) is 8.67. The van der Waals surface area contributed by atoms with Crippen LogP contribution in [-0.4, -0.2) is 40.6 Å². The highest BCUT2D eigenvalue weighted by molar-refractivity contribution is 7.90. The minimum absolute atomic E-state index is 0.135. The third-order valence-electron chi connectivity index (χ3n) is 4.42. The van der Waals surface area contributed by atoms with E-state index in [0.717, 1.165) is 32.5 Å². The van der Waals surface area contributed by atoms with E-state index in [4.69, 9.17) is 4.74 Å². The number of piperidine rings is 1. The average molecular weight is 288 g/mol. The van der Waals surface area contributed by atoms with E-state index in [9.17, 15) is 4.55 Å². The minimum Gasteiger partial charge on any atom is -0.598 e. The van der Waals surface area contributed by atoms with Crippen molar-refractivity contribution in [3.8, 4) is 0 Å². The molecule has 2 aliphatic rings. The fourth-order valence-electron chi connectivity index (χ4n) is 3.14. The van der Waals surface area contributed by atoms with Gasteiger partial charge in [-0.25, -0.2) is 0 Å². The maximum atomic E-state index is 12.5. The van der Waals surface area contributed by atoms with Crippen molar-refractivity contribution in [2.75, 3.05) is 19.7 Å². The summed E-state index contributed by atoms with van der Waals surface area (Å²) < 4.78 is 21.6. The summed E-state index contributed by atoms with van der Waals surface area (Å²) in [7, 11) is 0. The Hall–Kier alpha value is 0.190. The predicted octanol–water partition coefficient (Wildman–Crippen LogP) is 1.59. The molecule has 0 bridgehead atoms. The second-order valence-corrected chi connectivity index (χ2v) is 9.43. The summed E-state index contributed by atoms with van der Waals surface area (Å²) in [5.41, 5.74) is -0.117. The third kappa shape index (κ3) is 3.10. The molecule has 1 unspecified atom stereocenters. The molecule has 0 aromatic carbocycles. The highest BCUT2D eigenvalue weighted by Crippen LogP contribution is 2.46. The fourth-order valence-corrected chi connectivity index (χ4v) is 4.24. The molecular formula is C14H28N2O2S. The molecule has 5 heteroatoms. The second kappa shape index (κ2) is 5.19. The topological polar surface area (TPSA) is 56.3 Å². The van der Waals surface area contributed by atoms with Crippen molar-refractivity contribution < 1.29 is 9.29 Å². The van der Waals surface area contributed by atoms with Gasteiger partial charge in [-0.3, -0.25) is 0 Å². The molecule has 0 amide bonds. The Morgan fingerprint density at radius 2 is 1.84 bits per heavy atom. The Bertz CT molecular complexity index is 322. The SMILES string of the molecule is CC1(C)OCC2(CCNCC2)[C@@H]1N[S+]([O-])C(C)(C)C. The summed E-state index contributed by atoms with van der Waals surface area (Å²) in [4.78, 5) is 0. The van der Waals surface area contributed by atoms with Crippen molar-refractivity contribution in [2.45, 2.75) is 63.9 Å². The zero-order valence-corrected chi connectivity index (χ0v) is 13.7. The van der Waals surface area contributed by atoms with Crippen molar-refractivity contribution in [2.24, 2.45) is 5.41 Å². The summed E-state index contributed by atoms with van der Waals surface area (Å²) >= 11 is -1.05. The van der Waals surface area contributed by atoms with Crippen LogP contribution in [0.15, 0.2) is 0 Å². The zero-order chi connectivity index (χ0) is 14.3. The van der Waals surface area contributed by atoms with Gasteiger partial charge in [0.15, 0.2) is 0 Å². The molecule has 0 aromatic rings. The van der Waals surface area contributed by atoms with Gasteiger partial charge in [0.25, 0.3) is 0 Å². The molecule has 19 heavy (non-hydrogen) atoms. The van der Waals surface area contributed by atoms with Crippen molar-refractivity contribution in [3.63, 3.8) is 0 Å². The van der Waals surface area contributed by atoms with E-state index in [1.807, 2.05) is 20.8 Å². The molecule has 2 fully saturated rings. The average Bonchev–Trinajstić information content (AvgIpc) is 2.54. The van der Waals surface area contributed by atoms with Crippen LogP contribution in [-0.2, 0) is 16.1 Å². The summed E-state index contributed by atoms with van der Waals surface area (Å²) in [6.07, 6.45) is 2.19. The van der Waals surface area contributed by atoms with E-state index in [1.54, 1.807) is 0 Å². The molecule has 0 aliphatic carbocycles. The van der Waals surface area contributed by atoms with Gasteiger partial charge in [0.1, 0.15) is 4.75 Å². The lowest BCUT2D eigenvalue weighted by atomic mass is 9.71. The van der Waals surface area contributed by atoms with Gasteiger partial charge in [-0.05, 0) is 60.5 Å². The first-order valence-corrected chi connectivity index (χ1v) is 8.35. The maximum absolute atomic E-state index is 12.5. The number of hydrogen-bond acceptors (Lipinski definition) is 4. The molecule has 2 saturated heterocycles. The minimum atomic E-state index is -1.05. The van der Waals surface area contributed by atoms with Crippen LogP contribution in [0, 0.1) is 5.41 Å². The molecular weight excluding hydrogens is 260 g/mol. The van der Waals surface area contributed by atoms with E-state index in [1.165, 1.54) is 0 Å². The van der Waals surface area contributed by atoms with Crippen LogP contribution in [0.3, 0.4) is 0 Å². The van der Waals surface area contributed by atoms with Gasteiger partial charge < -0.3 is 14.6 Å². The van der Waals surface area contributed by atoms with Crippen molar-refractivity contribution in [1.82, 2.24) is 10.0 Å². The van der Waals surface area contributed by atoms with Crippen LogP contribution >= 0.6 is 0 Å². The van der Waals surface area contributed by atoms with Gasteiger partial charge in [-0.15, -0.1) is 4.72 Å². The maximum Gasteiger partial charge on any atom is 0.136 e. The molecule has 2 atom stereocenters. The molecule has 2 rings (SSSR count). The largest absolute Gasteiger partial charge is 0.598 e.